The predicted molar refractivity (Wildman–Crippen MR) is 61.1 cm³/mol. The van der Waals surface area contributed by atoms with Gasteiger partial charge in [0.05, 0.1) is 31.0 Å². The topological polar surface area (TPSA) is 69.9 Å². The van der Waals surface area contributed by atoms with Gasteiger partial charge in [-0.3, -0.25) is 0 Å². The molecular weight excluding hydrogens is 208 g/mol. The monoisotopic (exact) mass is 232 g/mol. The van der Waals surface area contributed by atoms with E-state index >= 15 is 0 Å². The first-order valence-corrected chi connectivity index (χ1v) is 6.20. The first kappa shape index (κ1) is 13.9. The molecule has 4 heteroatoms. The highest BCUT2D eigenvalue weighted by molar-refractivity contribution is 4.83. The Bertz CT molecular complexity index is 197. The van der Waals surface area contributed by atoms with Crippen LogP contribution in [0.3, 0.4) is 0 Å². The standard InChI is InChI=1S/C12H24O4/c1-3-4-8(2)12(15)11-6-9(14)5-10(7-13)16-11/h8-15H,3-7H2,1-2H3/t8?,9-,10-,11?,12?/m1/s1. The van der Waals surface area contributed by atoms with Gasteiger partial charge in [-0.15, -0.1) is 0 Å². The molecule has 4 nitrogen and oxygen atoms in total. The van der Waals surface area contributed by atoms with Gasteiger partial charge in [0, 0.05) is 12.8 Å². The summed E-state index contributed by atoms with van der Waals surface area (Å²) in [4.78, 5) is 0. The van der Waals surface area contributed by atoms with Crippen LogP contribution in [-0.4, -0.2) is 46.3 Å². The summed E-state index contributed by atoms with van der Waals surface area (Å²) in [5.74, 6) is 0.166. The second kappa shape index (κ2) is 6.55. The van der Waals surface area contributed by atoms with Crippen molar-refractivity contribution in [1.82, 2.24) is 0 Å². The van der Waals surface area contributed by atoms with E-state index in [-0.39, 0.29) is 24.7 Å². The summed E-state index contributed by atoms with van der Waals surface area (Å²) in [6.07, 6.45) is 1.19. The predicted octanol–water partition coefficient (Wildman–Crippen LogP) is 0.684. The zero-order chi connectivity index (χ0) is 12.1. The van der Waals surface area contributed by atoms with E-state index < -0.39 is 12.2 Å². The second-order valence-corrected chi connectivity index (χ2v) is 4.86. The maximum absolute atomic E-state index is 10.1. The van der Waals surface area contributed by atoms with Crippen molar-refractivity contribution >= 4 is 0 Å². The van der Waals surface area contributed by atoms with Crippen molar-refractivity contribution in [2.45, 2.75) is 63.9 Å². The van der Waals surface area contributed by atoms with E-state index in [1.165, 1.54) is 0 Å². The average Bonchev–Trinajstić information content (AvgIpc) is 2.27. The molecular formula is C12H24O4. The maximum atomic E-state index is 10.1. The van der Waals surface area contributed by atoms with Crippen LogP contribution < -0.4 is 0 Å². The zero-order valence-electron chi connectivity index (χ0n) is 10.2. The van der Waals surface area contributed by atoms with E-state index in [9.17, 15) is 10.2 Å². The fourth-order valence-corrected chi connectivity index (χ4v) is 2.36. The molecule has 1 rings (SSSR count). The molecule has 0 aliphatic carbocycles. The number of aliphatic hydroxyl groups is 3. The van der Waals surface area contributed by atoms with Gasteiger partial charge >= 0.3 is 0 Å². The summed E-state index contributed by atoms with van der Waals surface area (Å²) in [6.45, 7) is 3.98. The van der Waals surface area contributed by atoms with Crippen molar-refractivity contribution in [1.29, 1.82) is 0 Å². The molecule has 0 bridgehead atoms. The molecule has 3 N–H and O–H groups in total. The van der Waals surface area contributed by atoms with Gasteiger partial charge in [-0.25, -0.2) is 0 Å². The van der Waals surface area contributed by atoms with Crippen LogP contribution >= 0.6 is 0 Å². The molecule has 1 fully saturated rings. The van der Waals surface area contributed by atoms with Crippen LogP contribution in [-0.2, 0) is 4.74 Å². The van der Waals surface area contributed by atoms with Crippen LogP contribution in [0.4, 0.5) is 0 Å². The van der Waals surface area contributed by atoms with Gasteiger partial charge in [-0.2, -0.15) is 0 Å². The van der Waals surface area contributed by atoms with E-state index in [4.69, 9.17) is 9.84 Å². The van der Waals surface area contributed by atoms with Crippen molar-refractivity contribution in [3.05, 3.63) is 0 Å². The minimum Gasteiger partial charge on any atom is -0.394 e. The molecule has 0 aromatic carbocycles. The number of hydrogen-bond acceptors (Lipinski definition) is 4. The molecule has 3 unspecified atom stereocenters. The first-order chi connectivity index (χ1) is 7.58. The molecule has 0 radical (unpaired) electrons. The molecule has 5 atom stereocenters. The van der Waals surface area contributed by atoms with Gasteiger partial charge < -0.3 is 20.1 Å². The summed E-state index contributed by atoms with van der Waals surface area (Å²) in [5, 5.41) is 28.8. The Balaban J connectivity index is 2.50. The van der Waals surface area contributed by atoms with E-state index in [2.05, 4.69) is 6.92 Å². The minimum absolute atomic E-state index is 0.0948. The van der Waals surface area contributed by atoms with Gasteiger partial charge in [-0.05, 0) is 12.3 Å². The highest BCUT2D eigenvalue weighted by atomic mass is 16.5. The van der Waals surface area contributed by atoms with Crippen molar-refractivity contribution in [2.24, 2.45) is 5.92 Å². The molecule has 0 saturated carbocycles. The van der Waals surface area contributed by atoms with Crippen molar-refractivity contribution in [2.75, 3.05) is 6.61 Å². The van der Waals surface area contributed by atoms with E-state index in [1.54, 1.807) is 0 Å². The lowest BCUT2D eigenvalue weighted by Crippen LogP contribution is -2.45. The molecule has 96 valence electrons. The third-order valence-electron chi connectivity index (χ3n) is 3.32. The first-order valence-electron chi connectivity index (χ1n) is 6.20. The molecule has 1 aliphatic heterocycles. The largest absolute Gasteiger partial charge is 0.394 e. The molecule has 0 aromatic heterocycles. The Morgan fingerprint density at radius 3 is 2.62 bits per heavy atom. The second-order valence-electron chi connectivity index (χ2n) is 4.86. The minimum atomic E-state index is -0.552. The molecule has 0 aromatic rings. The number of rotatable bonds is 5. The number of ether oxygens (including phenoxy) is 1. The Kier molecular flexibility index (Phi) is 5.69. The van der Waals surface area contributed by atoms with Crippen molar-refractivity contribution in [3.63, 3.8) is 0 Å². The molecule has 1 heterocycles. The Morgan fingerprint density at radius 1 is 1.38 bits per heavy atom. The summed E-state index contributed by atoms with van der Waals surface area (Å²) >= 11 is 0. The average molecular weight is 232 g/mol. The lowest BCUT2D eigenvalue weighted by Gasteiger charge is -2.36. The van der Waals surface area contributed by atoms with Crippen LogP contribution in [0.15, 0.2) is 0 Å². The van der Waals surface area contributed by atoms with Gasteiger partial charge in [0.2, 0.25) is 0 Å². The fraction of sp³-hybridized carbons (Fsp3) is 1.00. The summed E-state index contributed by atoms with van der Waals surface area (Å²) in [7, 11) is 0. The van der Waals surface area contributed by atoms with E-state index in [0.717, 1.165) is 12.8 Å². The maximum Gasteiger partial charge on any atom is 0.0866 e. The van der Waals surface area contributed by atoms with Crippen LogP contribution in [0.25, 0.3) is 0 Å². The van der Waals surface area contributed by atoms with Crippen molar-refractivity contribution in [3.8, 4) is 0 Å². The Hall–Kier alpha value is -0.160. The Morgan fingerprint density at radius 2 is 2.06 bits per heavy atom. The molecule has 0 spiro atoms. The number of aliphatic hydroxyl groups excluding tert-OH is 3. The van der Waals surface area contributed by atoms with Gasteiger partial charge in [0.15, 0.2) is 0 Å². The van der Waals surface area contributed by atoms with Gasteiger partial charge in [-0.1, -0.05) is 20.3 Å². The third kappa shape index (κ3) is 3.70. The summed E-state index contributed by atoms with van der Waals surface area (Å²) in [6, 6.07) is 0. The highest BCUT2D eigenvalue weighted by Gasteiger charge is 2.34. The zero-order valence-corrected chi connectivity index (χ0v) is 10.2. The Labute approximate surface area is 97.2 Å². The summed E-state index contributed by atoms with van der Waals surface area (Å²) in [5.41, 5.74) is 0. The fourth-order valence-electron chi connectivity index (χ4n) is 2.36. The van der Waals surface area contributed by atoms with Crippen LogP contribution in [0, 0.1) is 5.92 Å². The third-order valence-corrected chi connectivity index (χ3v) is 3.32. The quantitative estimate of drug-likeness (QED) is 0.652. The SMILES string of the molecule is CCCC(C)C(O)C1C[C@H](O)C[C@H](CO)O1. The molecule has 1 aliphatic rings. The molecule has 1 saturated heterocycles. The summed E-state index contributed by atoms with van der Waals surface area (Å²) < 4.78 is 5.58. The van der Waals surface area contributed by atoms with Crippen LogP contribution in [0.1, 0.15) is 39.5 Å². The lowest BCUT2D eigenvalue weighted by atomic mass is 9.89. The molecule has 16 heavy (non-hydrogen) atoms. The highest BCUT2D eigenvalue weighted by Crippen LogP contribution is 2.26. The normalized spacial score (nSPS) is 34.7. The van der Waals surface area contributed by atoms with Crippen molar-refractivity contribution < 1.29 is 20.1 Å². The number of hydrogen-bond donors (Lipinski definition) is 3. The van der Waals surface area contributed by atoms with Gasteiger partial charge in [0.25, 0.3) is 0 Å². The smallest absolute Gasteiger partial charge is 0.0866 e. The van der Waals surface area contributed by atoms with E-state index in [1.807, 2.05) is 6.92 Å². The molecule has 0 amide bonds. The van der Waals surface area contributed by atoms with Gasteiger partial charge in [0.1, 0.15) is 0 Å². The van der Waals surface area contributed by atoms with Crippen LogP contribution in [0.5, 0.6) is 0 Å². The van der Waals surface area contributed by atoms with Crippen LogP contribution in [0.2, 0.25) is 0 Å². The van der Waals surface area contributed by atoms with E-state index in [0.29, 0.717) is 12.8 Å². The lowest BCUT2D eigenvalue weighted by molar-refractivity contribution is -0.158.